The Balaban J connectivity index is 2.09. The third-order valence-corrected chi connectivity index (χ3v) is 2.61. The quantitative estimate of drug-likeness (QED) is 0.604. The summed E-state index contributed by atoms with van der Waals surface area (Å²) in [4.78, 5) is 0. The van der Waals surface area contributed by atoms with Gasteiger partial charge in [-0.3, -0.25) is 4.57 Å². The molecule has 2 heterocycles. The monoisotopic (exact) mass is 201 g/mol. The molecule has 0 radical (unpaired) electrons. The van der Waals surface area contributed by atoms with Crippen molar-refractivity contribution in [3.8, 4) is 11.8 Å². The van der Waals surface area contributed by atoms with E-state index >= 15 is 0 Å². The SMILES string of the molecule is CCc1nnc2n1Cc1ccccc1O2. The number of hydrogen-bond donors (Lipinski definition) is 0. The molecule has 0 saturated carbocycles. The summed E-state index contributed by atoms with van der Waals surface area (Å²) >= 11 is 0. The lowest BCUT2D eigenvalue weighted by Gasteiger charge is -2.18. The zero-order valence-corrected chi connectivity index (χ0v) is 8.47. The predicted molar refractivity (Wildman–Crippen MR) is 55.0 cm³/mol. The molecule has 0 aliphatic carbocycles. The van der Waals surface area contributed by atoms with Crippen LogP contribution in [0.5, 0.6) is 11.8 Å². The molecular formula is C11H11N3O. The molecule has 15 heavy (non-hydrogen) atoms. The van der Waals surface area contributed by atoms with Crippen molar-refractivity contribution in [2.45, 2.75) is 19.9 Å². The highest BCUT2D eigenvalue weighted by Crippen LogP contribution is 2.30. The topological polar surface area (TPSA) is 39.9 Å². The maximum Gasteiger partial charge on any atom is 0.322 e. The first-order valence-electron chi connectivity index (χ1n) is 5.06. The molecule has 4 nitrogen and oxygen atoms in total. The molecule has 76 valence electrons. The highest BCUT2D eigenvalue weighted by Gasteiger charge is 2.20. The average Bonchev–Trinajstić information content (AvgIpc) is 2.68. The summed E-state index contributed by atoms with van der Waals surface area (Å²) < 4.78 is 7.67. The van der Waals surface area contributed by atoms with Gasteiger partial charge >= 0.3 is 6.01 Å². The second-order valence-corrected chi connectivity index (χ2v) is 3.55. The third kappa shape index (κ3) is 1.21. The van der Waals surface area contributed by atoms with Gasteiger partial charge in [0.1, 0.15) is 11.6 Å². The molecule has 1 aromatic carbocycles. The van der Waals surface area contributed by atoms with E-state index in [4.69, 9.17) is 4.74 Å². The molecule has 1 aliphatic rings. The van der Waals surface area contributed by atoms with Gasteiger partial charge in [-0.05, 0) is 6.07 Å². The first-order valence-corrected chi connectivity index (χ1v) is 5.06. The fourth-order valence-electron chi connectivity index (χ4n) is 1.82. The van der Waals surface area contributed by atoms with Gasteiger partial charge in [-0.15, -0.1) is 5.10 Å². The summed E-state index contributed by atoms with van der Waals surface area (Å²) in [5.74, 6) is 1.86. The van der Waals surface area contributed by atoms with Gasteiger partial charge in [-0.1, -0.05) is 30.2 Å². The summed E-state index contributed by atoms with van der Waals surface area (Å²) in [6.45, 7) is 2.87. The predicted octanol–water partition coefficient (Wildman–Crippen LogP) is 1.99. The Morgan fingerprint density at radius 2 is 2.20 bits per heavy atom. The minimum atomic E-state index is 0.602. The van der Waals surface area contributed by atoms with E-state index in [9.17, 15) is 0 Å². The Kier molecular flexibility index (Phi) is 1.74. The fourth-order valence-corrected chi connectivity index (χ4v) is 1.82. The van der Waals surface area contributed by atoms with Crippen molar-refractivity contribution in [3.05, 3.63) is 35.7 Å². The minimum Gasteiger partial charge on any atom is -0.424 e. The van der Waals surface area contributed by atoms with Gasteiger partial charge in [-0.2, -0.15) is 0 Å². The Morgan fingerprint density at radius 1 is 1.33 bits per heavy atom. The van der Waals surface area contributed by atoms with Crippen LogP contribution < -0.4 is 4.74 Å². The van der Waals surface area contributed by atoms with Crippen molar-refractivity contribution < 1.29 is 4.74 Å². The molecule has 4 heteroatoms. The van der Waals surface area contributed by atoms with Gasteiger partial charge in [0.25, 0.3) is 0 Å². The number of ether oxygens (including phenoxy) is 1. The molecular weight excluding hydrogens is 190 g/mol. The molecule has 0 bridgehead atoms. The van der Waals surface area contributed by atoms with E-state index in [1.54, 1.807) is 0 Å². The number of nitrogens with zero attached hydrogens (tertiary/aromatic N) is 3. The highest BCUT2D eigenvalue weighted by molar-refractivity contribution is 5.38. The maximum absolute atomic E-state index is 5.65. The molecule has 0 atom stereocenters. The Hall–Kier alpha value is -1.84. The van der Waals surface area contributed by atoms with E-state index in [1.165, 1.54) is 5.56 Å². The molecule has 0 unspecified atom stereocenters. The average molecular weight is 201 g/mol. The molecule has 1 aromatic heterocycles. The molecule has 0 N–H and O–H groups in total. The lowest BCUT2D eigenvalue weighted by Crippen LogP contribution is -2.11. The highest BCUT2D eigenvalue weighted by atomic mass is 16.5. The molecule has 0 spiro atoms. The van der Waals surface area contributed by atoms with Crippen LogP contribution in [0, 0.1) is 0 Å². The molecule has 3 rings (SSSR count). The van der Waals surface area contributed by atoms with E-state index in [0.717, 1.165) is 24.5 Å². The van der Waals surface area contributed by atoms with Crippen molar-refractivity contribution in [2.24, 2.45) is 0 Å². The molecule has 0 amide bonds. The smallest absolute Gasteiger partial charge is 0.322 e. The second kappa shape index (κ2) is 3.08. The van der Waals surface area contributed by atoms with E-state index in [0.29, 0.717) is 6.01 Å². The molecule has 2 aromatic rings. The van der Waals surface area contributed by atoms with Crippen LogP contribution in [0.2, 0.25) is 0 Å². The Morgan fingerprint density at radius 3 is 3.07 bits per heavy atom. The summed E-state index contributed by atoms with van der Waals surface area (Å²) in [5.41, 5.74) is 1.18. The number of benzene rings is 1. The number of para-hydroxylation sites is 1. The van der Waals surface area contributed by atoms with Crippen LogP contribution in [0.25, 0.3) is 0 Å². The summed E-state index contributed by atoms with van der Waals surface area (Å²) in [6, 6.07) is 8.61. The zero-order chi connectivity index (χ0) is 10.3. The van der Waals surface area contributed by atoms with Gasteiger partial charge in [0, 0.05) is 12.0 Å². The lowest BCUT2D eigenvalue weighted by atomic mass is 10.2. The van der Waals surface area contributed by atoms with Crippen molar-refractivity contribution in [2.75, 3.05) is 0 Å². The number of aryl methyl sites for hydroxylation is 1. The number of fused-ring (bicyclic) bond motifs is 2. The first-order chi connectivity index (χ1) is 7.38. The van der Waals surface area contributed by atoms with Crippen LogP contribution in [0.15, 0.2) is 24.3 Å². The lowest BCUT2D eigenvalue weighted by molar-refractivity contribution is 0.385. The van der Waals surface area contributed by atoms with E-state index in [2.05, 4.69) is 23.2 Å². The largest absolute Gasteiger partial charge is 0.424 e. The number of rotatable bonds is 1. The first kappa shape index (κ1) is 8.47. The number of hydrogen-bond acceptors (Lipinski definition) is 3. The van der Waals surface area contributed by atoms with Crippen LogP contribution >= 0.6 is 0 Å². The summed E-state index contributed by atoms with van der Waals surface area (Å²) in [6.07, 6.45) is 0.874. The standard InChI is InChI=1S/C11H11N3O/c1-2-10-12-13-11-14(10)7-8-5-3-4-6-9(8)15-11/h3-6H,2,7H2,1H3. The van der Waals surface area contributed by atoms with E-state index in [-0.39, 0.29) is 0 Å². The van der Waals surface area contributed by atoms with Gasteiger partial charge in [0.15, 0.2) is 0 Å². The summed E-state index contributed by atoms with van der Waals surface area (Å²) in [7, 11) is 0. The van der Waals surface area contributed by atoms with Crippen molar-refractivity contribution in [1.82, 2.24) is 14.8 Å². The van der Waals surface area contributed by atoms with Crippen molar-refractivity contribution in [1.29, 1.82) is 0 Å². The van der Waals surface area contributed by atoms with Gasteiger partial charge < -0.3 is 4.74 Å². The zero-order valence-electron chi connectivity index (χ0n) is 8.47. The van der Waals surface area contributed by atoms with Crippen LogP contribution in [0.4, 0.5) is 0 Å². The van der Waals surface area contributed by atoms with E-state index < -0.39 is 0 Å². The Bertz CT molecular complexity index is 504. The van der Waals surface area contributed by atoms with E-state index in [1.807, 2.05) is 22.8 Å². The third-order valence-electron chi connectivity index (χ3n) is 2.61. The van der Waals surface area contributed by atoms with Gasteiger partial charge in [-0.25, -0.2) is 0 Å². The van der Waals surface area contributed by atoms with Crippen LogP contribution in [0.1, 0.15) is 18.3 Å². The van der Waals surface area contributed by atoms with Crippen LogP contribution in [0.3, 0.4) is 0 Å². The van der Waals surface area contributed by atoms with Crippen molar-refractivity contribution in [3.63, 3.8) is 0 Å². The molecule has 0 saturated heterocycles. The van der Waals surface area contributed by atoms with Gasteiger partial charge in [0.05, 0.1) is 6.54 Å². The maximum atomic E-state index is 5.65. The van der Waals surface area contributed by atoms with Crippen LogP contribution in [-0.2, 0) is 13.0 Å². The number of aromatic nitrogens is 3. The summed E-state index contributed by atoms with van der Waals surface area (Å²) in [5, 5.41) is 8.10. The molecule has 0 fully saturated rings. The Labute approximate surface area is 87.5 Å². The second-order valence-electron chi connectivity index (χ2n) is 3.55. The van der Waals surface area contributed by atoms with Gasteiger partial charge in [0.2, 0.25) is 0 Å². The fraction of sp³-hybridized carbons (Fsp3) is 0.273. The van der Waals surface area contributed by atoms with Crippen molar-refractivity contribution >= 4 is 0 Å². The normalized spacial score (nSPS) is 12.9. The molecule has 1 aliphatic heterocycles. The van der Waals surface area contributed by atoms with Crippen LogP contribution in [-0.4, -0.2) is 14.8 Å². The minimum absolute atomic E-state index is 0.602.